The summed E-state index contributed by atoms with van der Waals surface area (Å²) in [7, 11) is 1.47. The minimum Gasteiger partial charge on any atom is -0.489 e. The average molecular weight is 538 g/mol. The van der Waals surface area contributed by atoms with Gasteiger partial charge in [0.05, 0.1) is 19.7 Å². The molecular formula is C32H37F2NO4. The monoisotopic (exact) mass is 537 g/mol. The maximum absolute atomic E-state index is 15.5. The molecule has 3 aromatic rings. The summed E-state index contributed by atoms with van der Waals surface area (Å²) in [4.78, 5) is 15.3. The Morgan fingerprint density at radius 1 is 1.15 bits per heavy atom. The molecule has 2 atom stereocenters. The first-order valence-corrected chi connectivity index (χ1v) is 13.6. The highest BCUT2D eigenvalue weighted by Gasteiger charge is 2.37. The number of ether oxygens (including phenoxy) is 2. The van der Waals surface area contributed by atoms with Crippen LogP contribution in [0.4, 0.5) is 8.78 Å². The Balaban J connectivity index is 1.68. The van der Waals surface area contributed by atoms with Gasteiger partial charge in [-0.05, 0) is 77.5 Å². The highest BCUT2D eigenvalue weighted by molar-refractivity contribution is 5.70. The van der Waals surface area contributed by atoms with E-state index in [1.54, 1.807) is 6.07 Å². The minimum absolute atomic E-state index is 0.00472. The van der Waals surface area contributed by atoms with Crippen LogP contribution in [0.25, 0.3) is 11.1 Å². The first-order valence-electron chi connectivity index (χ1n) is 13.6. The van der Waals surface area contributed by atoms with Crippen LogP contribution in [0.15, 0.2) is 48.7 Å². The van der Waals surface area contributed by atoms with E-state index in [-0.39, 0.29) is 41.7 Å². The normalized spacial score (nSPS) is 17.1. The molecule has 0 radical (unpaired) electrons. The van der Waals surface area contributed by atoms with Gasteiger partial charge in [0.1, 0.15) is 24.0 Å². The van der Waals surface area contributed by atoms with E-state index in [4.69, 9.17) is 9.47 Å². The highest BCUT2D eigenvalue weighted by atomic mass is 19.1. The second kappa shape index (κ2) is 12.1. The van der Waals surface area contributed by atoms with Crippen LogP contribution in [0.3, 0.4) is 0 Å². The average Bonchev–Trinajstić information content (AvgIpc) is 3.26. The van der Waals surface area contributed by atoms with Gasteiger partial charge in [-0.3, -0.25) is 4.79 Å². The molecule has 208 valence electrons. The molecule has 1 aliphatic rings. The maximum Gasteiger partial charge on any atom is 0.303 e. The van der Waals surface area contributed by atoms with Crippen LogP contribution in [0.1, 0.15) is 87.8 Å². The van der Waals surface area contributed by atoms with Crippen LogP contribution in [0.2, 0.25) is 0 Å². The second-order valence-electron chi connectivity index (χ2n) is 11.1. The predicted octanol–water partition coefficient (Wildman–Crippen LogP) is 8.27. The lowest BCUT2D eigenvalue weighted by Gasteiger charge is -2.30. The van der Waals surface area contributed by atoms with Crippen LogP contribution in [-0.4, -0.2) is 23.2 Å². The Kier molecular flexibility index (Phi) is 8.88. The van der Waals surface area contributed by atoms with E-state index in [1.807, 2.05) is 31.2 Å². The zero-order valence-corrected chi connectivity index (χ0v) is 23.1. The molecule has 0 saturated heterocycles. The summed E-state index contributed by atoms with van der Waals surface area (Å²) in [5.41, 5.74) is 2.92. The number of carboxylic acids is 1. The second-order valence-corrected chi connectivity index (χ2v) is 11.1. The fourth-order valence-corrected chi connectivity index (χ4v) is 5.88. The van der Waals surface area contributed by atoms with Crippen molar-refractivity contribution in [2.45, 2.75) is 77.7 Å². The van der Waals surface area contributed by atoms with E-state index in [1.165, 1.54) is 19.2 Å². The molecule has 0 amide bonds. The SMILES string of the molecule is CCC[C@@H](CC(=O)O)c1cccc(OCc2cc([C@H]3CCCC3(C)C)c(-c3cc(OC)ncc3F)cc2F)c1. The number of aromatic nitrogens is 1. The molecule has 0 aliphatic heterocycles. The van der Waals surface area contributed by atoms with Crippen molar-refractivity contribution in [3.8, 4) is 22.8 Å². The van der Waals surface area contributed by atoms with Crippen molar-refractivity contribution in [2.24, 2.45) is 5.41 Å². The number of aliphatic carboxylic acids is 1. The summed E-state index contributed by atoms with van der Waals surface area (Å²) in [6, 6.07) is 12.1. The largest absolute Gasteiger partial charge is 0.489 e. The lowest BCUT2D eigenvalue weighted by atomic mass is 9.75. The number of pyridine rings is 1. The van der Waals surface area contributed by atoms with Crippen molar-refractivity contribution in [1.29, 1.82) is 0 Å². The third-order valence-corrected chi connectivity index (χ3v) is 7.96. The van der Waals surface area contributed by atoms with E-state index < -0.39 is 17.6 Å². The molecule has 1 saturated carbocycles. The number of rotatable bonds is 11. The van der Waals surface area contributed by atoms with E-state index in [0.29, 0.717) is 16.9 Å². The van der Waals surface area contributed by atoms with Crippen LogP contribution >= 0.6 is 0 Å². The van der Waals surface area contributed by atoms with Gasteiger partial charge in [0.15, 0.2) is 0 Å². The Morgan fingerprint density at radius 3 is 2.62 bits per heavy atom. The quantitative estimate of drug-likeness (QED) is 0.267. The Bertz CT molecular complexity index is 1320. The fraction of sp³-hybridized carbons (Fsp3) is 0.438. The molecule has 2 aromatic carbocycles. The Morgan fingerprint density at radius 2 is 1.95 bits per heavy atom. The van der Waals surface area contributed by atoms with Crippen LogP contribution in [0.5, 0.6) is 11.6 Å². The van der Waals surface area contributed by atoms with Crippen molar-refractivity contribution >= 4 is 5.97 Å². The highest BCUT2D eigenvalue weighted by Crippen LogP contribution is 2.51. The standard InChI is InChI=1S/C32H37F2NO4/c1-5-8-20(15-31(36)37)21-9-6-10-23(13-21)39-19-22-14-25(27-11-7-12-32(27,2)3)24(16-28(22)33)26-17-30(38-4)35-18-29(26)34/h6,9-10,13-14,16-18,20,27H,5,7-8,11-12,15,19H2,1-4H3,(H,36,37)/t20-,27+/m0/s1. The van der Waals surface area contributed by atoms with Gasteiger partial charge >= 0.3 is 5.97 Å². The molecule has 1 heterocycles. The summed E-state index contributed by atoms with van der Waals surface area (Å²) >= 11 is 0. The molecule has 4 rings (SSSR count). The minimum atomic E-state index is -0.840. The van der Waals surface area contributed by atoms with Gasteiger partial charge < -0.3 is 14.6 Å². The van der Waals surface area contributed by atoms with Gasteiger partial charge in [-0.1, -0.05) is 45.7 Å². The first kappa shape index (κ1) is 28.5. The van der Waals surface area contributed by atoms with Gasteiger partial charge in [0, 0.05) is 17.2 Å². The van der Waals surface area contributed by atoms with E-state index >= 15 is 4.39 Å². The van der Waals surface area contributed by atoms with Crippen molar-refractivity contribution < 1.29 is 28.2 Å². The summed E-state index contributed by atoms with van der Waals surface area (Å²) in [6.07, 6.45) is 5.78. The predicted molar refractivity (Wildman–Crippen MR) is 147 cm³/mol. The zero-order valence-electron chi connectivity index (χ0n) is 23.1. The molecule has 39 heavy (non-hydrogen) atoms. The smallest absolute Gasteiger partial charge is 0.303 e. The van der Waals surface area contributed by atoms with E-state index in [0.717, 1.165) is 49.4 Å². The molecule has 5 nitrogen and oxygen atoms in total. The third-order valence-electron chi connectivity index (χ3n) is 7.96. The molecule has 1 fully saturated rings. The zero-order chi connectivity index (χ0) is 28.2. The van der Waals surface area contributed by atoms with Crippen molar-refractivity contribution in [3.63, 3.8) is 0 Å². The van der Waals surface area contributed by atoms with Gasteiger partial charge in [-0.2, -0.15) is 0 Å². The van der Waals surface area contributed by atoms with Crippen molar-refractivity contribution in [1.82, 2.24) is 4.98 Å². The van der Waals surface area contributed by atoms with Gasteiger partial charge in [0.25, 0.3) is 0 Å². The Labute approximate surface area is 229 Å². The topological polar surface area (TPSA) is 68.7 Å². The molecule has 1 aromatic heterocycles. The number of hydrogen-bond acceptors (Lipinski definition) is 4. The number of benzene rings is 2. The first-order chi connectivity index (χ1) is 18.6. The number of hydrogen-bond donors (Lipinski definition) is 1. The lowest BCUT2D eigenvalue weighted by Crippen LogP contribution is -2.17. The van der Waals surface area contributed by atoms with Crippen molar-refractivity contribution in [2.75, 3.05) is 7.11 Å². The van der Waals surface area contributed by atoms with E-state index in [2.05, 4.69) is 18.8 Å². The summed E-state index contributed by atoms with van der Waals surface area (Å²) in [5, 5.41) is 9.32. The number of halogens is 2. The van der Waals surface area contributed by atoms with Gasteiger partial charge in [-0.25, -0.2) is 13.8 Å². The summed E-state index contributed by atoms with van der Waals surface area (Å²) in [5.74, 6) is -1.03. The van der Waals surface area contributed by atoms with Gasteiger partial charge in [0.2, 0.25) is 5.88 Å². The summed E-state index contributed by atoms with van der Waals surface area (Å²) in [6.45, 7) is 6.42. The number of carboxylic acid groups (broad SMARTS) is 1. The molecule has 0 spiro atoms. The molecule has 0 unspecified atom stereocenters. The summed E-state index contributed by atoms with van der Waals surface area (Å²) < 4.78 is 41.8. The third kappa shape index (κ3) is 6.57. The van der Waals surface area contributed by atoms with E-state index in [9.17, 15) is 14.3 Å². The Hall–Kier alpha value is -3.48. The number of methoxy groups -OCH3 is 1. The molecule has 1 N–H and O–H groups in total. The van der Waals surface area contributed by atoms with Crippen LogP contribution in [0, 0.1) is 17.0 Å². The molecule has 0 bridgehead atoms. The molecule has 1 aliphatic carbocycles. The molecule has 7 heteroatoms. The van der Waals surface area contributed by atoms with Gasteiger partial charge in [-0.15, -0.1) is 0 Å². The lowest BCUT2D eigenvalue weighted by molar-refractivity contribution is -0.137. The van der Waals surface area contributed by atoms with Crippen molar-refractivity contribution in [3.05, 3.63) is 77.0 Å². The fourth-order valence-electron chi connectivity index (χ4n) is 5.88. The van der Waals surface area contributed by atoms with Crippen LogP contribution in [-0.2, 0) is 11.4 Å². The number of nitrogens with zero attached hydrogens (tertiary/aromatic N) is 1. The maximum atomic E-state index is 15.5. The van der Waals surface area contributed by atoms with Crippen LogP contribution < -0.4 is 9.47 Å². The molecular weight excluding hydrogens is 500 g/mol. The number of carbonyl (C=O) groups is 1.